The van der Waals surface area contributed by atoms with Gasteiger partial charge in [-0.3, -0.25) is 19.5 Å². The monoisotopic (exact) mass is 407 g/mol. The van der Waals surface area contributed by atoms with Crippen molar-refractivity contribution in [2.75, 3.05) is 19.6 Å². The van der Waals surface area contributed by atoms with Crippen LogP contribution in [0.25, 0.3) is 0 Å². The molecule has 0 unspecified atom stereocenters. The highest BCUT2D eigenvalue weighted by Gasteiger charge is 2.57. The number of hydrogen-bond acceptors (Lipinski definition) is 5. The molecule has 2 fully saturated rings. The van der Waals surface area contributed by atoms with Gasteiger partial charge < -0.3 is 9.80 Å². The molecule has 0 saturated carbocycles. The lowest BCUT2D eigenvalue weighted by molar-refractivity contribution is -0.135. The summed E-state index contributed by atoms with van der Waals surface area (Å²) >= 11 is 0. The van der Waals surface area contributed by atoms with Crippen LogP contribution in [-0.4, -0.2) is 67.7 Å². The van der Waals surface area contributed by atoms with Gasteiger partial charge in [0.15, 0.2) is 0 Å². The summed E-state index contributed by atoms with van der Waals surface area (Å²) in [6.45, 7) is 5.11. The molecule has 1 aromatic carbocycles. The van der Waals surface area contributed by atoms with Gasteiger partial charge in [0.2, 0.25) is 0 Å². The molecule has 30 heavy (non-hydrogen) atoms. The van der Waals surface area contributed by atoms with Crippen LogP contribution >= 0.6 is 0 Å². The molecule has 8 heteroatoms. The van der Waals surface area contributed by atoms with Crippen LogP contribution in [0.15, 0.2) is 42.7 Å². The van der Waals surface area contributed by atoms with Crippen molar-refractivity contribution in [1.29, 1.82) is 0 Å². The number of amides is 4. The number of hydrogen-bond donors (Lipinski definition) is 0. The first kappa shape index (κ1) is 20.0. The molecule has 2 aromatic rings. The van der Waals surface area contributed by atoms with E-state index in [1.807, 2.05) is 44.2 Å². The first-order chi connectivity index (χ1) is 14.5. The number of urea groups is 1. The fourth-order valence-electron chi connectivity index (χ4n) is 4.27. The molecule has 0 N–H and O–H groups in total. The van der Waals surface area contributed by atoms with Crippen LogP contribution in [0.4, 0.5) is 4.79 Å². The van der Waals surface area contributed by atoms with Crippen LogP contribution in [0.1, 0.15) is 41.5 Å². The predicted octanol–water partition coefficient (Wildman–Crippen LogP) is 2.24. The molecule has 2 saturated heterocycles. The third-order valence-corrected chi connectivity index (χ3v) is 6.00. The summed E-state index contributed by atoms with van der Waals surface area (Å²) in [6.07, 6.45) is 3.86. The number of piperidine rings is 1. The predicted molar refractivity (Wildman–Crippen MR) is 109 cm³/mol. The molecule has 0 atom stereocenters. The summed E-state index contributed by atoms with van der Waals surface area (Å²) in [4.78, 5) is 52.1. The summed E-state index contributed by atoms with van der Waals surface area (Å²) in [5.41, 5.74) is 1.11. The van der Waals surface area contributed by atoms with E-state index < -0.39 is 5.54 Å². The van der Waals surface area contributed by atoms with Crippen molar-refractivity contribution in [3.8, 4) is 0 Å². The van der Waals surface area contributed by atoms with Gasteiger partial charge in [0.25, 0.3) is 11.8 Å². The quantitative estimate of drug-likeness (QED) is 0.726. The van der Waals surface area contributed by atoms with Gasteiger partial charge in [-0.05, 0) is 32.3 Å². The third-order valence-electron chi connectivity index (χ3n) is 6.00. The number of carbonyl (C=O) groups excluding carboxylic acids is 3. The summed E-state index contributed by atoms with van der Waals surface area (Å²) in [5, 5.41) is 0. The minimum Gasteiger partial charge on any atom is -0.337 e. The zero-order chi connectivity index (χ0) is 21.3. The smallest absolute Gasteiger partial charge is 0.327 e. The van der Waals surface area contributed by atoms with E-state index in [2.05, 4.69) is 9.97 Å². The molecule has 2 aliphatic rings. The molecular formula is C22H25N5O3. The van der Waals surface area contributed by atoms with E-state index in [0.717, 1.165) is 11.3 Å². The highest BCUT2D eigenvalue weighted by Crippen LogP contribution is 2.38. The second kappa shape index (κ2) is 7.85. The maximum Gasteiger partial charge on any atom is 0.327 e. The average molecular weight is 407 g/mol. The van der Waals surface area contributed by atoms with Crippen molar-refractivity contribution in [3.05, 3.63) is 59.7 Å². The number of nitrogens with zero attached hydrogens (tertiary/aromatic N) is 5. The Morgan fingerprint density at radius 3 is 2.37 bits per heavy atom. The number of carbonyl (C=O) groups is 3. The van der Waals surface area contributed by atoms with E-state index in [0.29, 0.717) is 44.7 Å². The second-order valence-corrected chi connectivity index (χ2v) is 7.77. The molecule has 4 rings (SSSR count). The number of likely N-dealkylation sites (tertiary alicyclic amines) is 1. The van der Waals surface area contributed by atoms with Gasteiger partial charge in [-0.15, -0.1) is 0 Å². The number of imide groups is 1. The van der Waals surface area contributed by atoms with Crippen molar-refractivity contribution in [2.24, 2.45) is 0 Å². The highest BCUT2D eigenvalue weighted by atomic mass is 16.2. The SMILES string of the molecule is CCN1C(=O)N(Cc2ccccc2)C2(CCN(C(=O)c3cnc(C)cn3)CC2)C1=O. The van der Waals surface area contributed by atoms with Gasteiger partial charge in [0.05, 0.1) is 11.9 Å². The summed E-state index contributed by atoms with van der Waals surface area (Å²) < 4.78 is 0. The van der Waals surface area contributed by atoms with E-state index in [4.69, 9.17) is 0 Å². The van der Waals surface area contributed by atoms with E-state index in [1.165, 1.54) is 11.1 Å². The van der Waals surface area contributed by atoms with Crippen molar-refractivity contribution < 1.29 is 14.4 Å². The fourth-order valence-corrected chi connectivity index (χ4v) is 4.27. The number of benzene rings is 1. The number of aryl methyl sites for hydroxylation is 1. The van der Waals surface area contributed by atoms with Gasteiger partial charge in [0.1, 0.15) is 11.2 Å². The van der Waals surface area contributed by atoms with Crippen molar-refractivity contribution >= 4 is 17.8 Å². The molecular weight excluding hydrogens is 382 g/mol. The molecule has 0 aliphatic carbocycles. The molecule has 2 aliphatic heterocycles. The van der Waals surface area contributed by atoms with Gasteiger partial charge >= 0.3 is 6.03 Å². The molecule has 0 bridgehead atoms. The molecule has 1 spiro atoms. The van der Waals surface area contributed by atoms with Gasteiger partial charge in [-0.1, -0.05) is 30.3 Å². The summed E-state index contributed by atoms with van der Waals surface area (Å²) in [5.74, 6) is -0.357. The van der Waals surface area contributed by atoms with E-state index in [1.54, 1.807) is 16.0 Å². The van der Waals surface area contributed by atoms with Gasteiger partial charge in [-0.2, -0.15) is 0 Å². The van der Waals surface area contributed by atoms with Crippen LogP contribution in [-0.2, 0) is 11.3 Å². The Labute approximate surface area is 175 Å². The number of likely N-dealkylation sites (N-methyl/N-ethyl adjacent to an activating group) is 1. The van der Waals surface area contributed by atoms with E-state index in [9.17, 15) is 14.4 Å². The van der Waals surface area contributed by atoms with Crippen LogP contribution in [0.2, 0.25) is 0 Å². The Kier molecular flexibility index (Phi) is 5.24. The second-order valence-electron chi connectivity index (χ2n) is 7.77. The van der Waals surface area contributed by atoms with Gasteiger partial charge in [0, 0.05) is 32.4 Å². The van der Waals surface area contributed by atoms with Crippen LogP contribution in [0.3, 0.4) is 0 Å². The molecule has 156 valence electrons. The molecule has 1 aromatic heterocycles. The van der Waals surface area contributed by atoms with Gasteiger partial charge in [-0.25, -0.2) is 9.78 Å². The van der Waals surface area contributed by atoms with Crippen LogP contribution in [0.5, 0.6) is 0 Å². The Morgan fingerprint density at radius 1 is 1.07 bits per heavy atom. The first-order valence-electron chi connectivity index (χ1n) is 10.2. The standard InChI is InChI=1S/C22H25N5O3/c1-3-26-20(29)22(27(21(26)30)15-17-7-5-4-6-8-17)9-11-25(12-10-22)19(28)18-14-23-16(2)13-24-18/h4-8,13-14H,3,9-12,15H2,1-2H3. The minimum absolute atomic E-state index is 0.159. The van der Waals surface area contributed by atoms with Crippen molar-refractivity contribution in [1.82, 2.24) is 24.7 Å². The number of rotatable bonds is 4. The highest BCUT2D eigenvalue weighted by molar-refractivity contribution is 6.07. The van der Waals surface area contributed by atoms with E-state index >= 15 is 0 Å². The van der Waals surface area contributed by atoms with Crippen LogP contribution in [0, 0.1) is 6.92 Å². The topological polar surface area (TPSA) is 86.7 Å². The number of aromatic nitrogens is 2. The maximum atomic E-state index is 13.2. The Bertz CT molecular complexity index is 952. The average Bonchev–Trinajstić information content (AvgIpc) is 2.96. The summed E-state index contributed by atoms with van der Waals surface area (Å²) in [7, 11) is 0. The van der Waals surface area contributed by atoms with E-state index in [-0.39, 0.29) is 17.8 Å². The zero-order valence-corrected chi connectivity index (χ0v) is 17.2. The third kappa shape index (κ3) is 3.32. The van der Waals surface area contributed by atoms with Crippen molar-refractivity contribution in [3.63, 3.8) is 0 Å². The van der Waals surface area contributed by atoms with Crippen molar-refractivity contribution in [2.45, 2.75) is 38.8 Å². The zero-order valence-electron chi connectivity index (χ0n) is 17.2. The first-order valence-corrected chi connectivity index (χ1v) is 10.2. The lowest BCUT2D eigenvalue weighted by Crippen LogP contribution is -2.57. The Hall–Kier alpha value is -3.29. The largest absolute Gasteiger partial charge is 0.337 e. The lowest BCUT2D eigenvalue weighted by Gasteiger charge is -2.42. The molecule has 4 amide bonds. The molecule has 8 nitrogen and oxygen atoms in total. The molecule has 3 heterocycles. The normalized spacial score (nSPS) is 18.4. The fraction of sp³-hybridized carbons (Fsp3) is 0.409. The Balaban J connectivity index is 1.55. The minimum atomic E-state index is -0.904. The Morgan fingerprint density at radius 2 is 1.77 bits per heavy atom. The van der Waals surface area contributed by atoms with Crippen LogP contribution < -0.4 is 0 Å². The maximum absolute atomic E-state index is 13.2. The lowest BCUT2D eigenvalue weighted by atomic mass is 9.85. The molecule has 0 radical (unpaired) electrons. The summed E-state index contributed by atoms with van der Waals surface area (Å²) in [6, 6.07) is 9.42.